The SMILES string of the molecule is O=C(c1ccc(Oc2ccccc2)cc1Cl)c1n[nH]c2nccc(N[C@H]3CC[C@H](C(=O)O)CC3)c12. The van der Waals surface area contributed by atoms with Gasteiger partial charge in [0.15, 0.2) is 5.65 Å². The van der Waals surface area contributed by atoms with Gasteiger partial charge in [-0.1, -0.05) is 29.8 Å². The fourth-order valence-electron chi connectivity index (χ4n) is 4.44. The van der Waals surface area contributed by atoms with Crippen LogP contribution in [0.5, 0.6) is 11.5 Å². The number of carbonyl (C=O) groups is 2. The molecule has 0 amide bonds. The molecule has 35 heavy (non-hydrogen) atoms. The van der Waals surface area contributed by atoms with Crippen LogP contribution in [0.25, 0.3) is 11.0 Å². The number of carbonyl (C=O) groups excluding carboxylic acids is 1. The number of aromatic amines is 1. The van der Waals surface area contributed by atoms with Crippen LogP contribution in [0.3, 0.4) is 0 Å². The summed E-state index contributed by atoms with van der Waals surface area (Å²) in [4.78, 5) is 29.0. The van der Waals surface area contributed by atoms with Gasteiger partial charge in [-0.15, -0.1) is 0 Å². The summed E-state index contributed by atoms with van der Waals surface area (Å²) in [5.41, 5.74) is 1.73. The van der Waals surface area contributed by atoms with Crippen molar-refractivity contribution in [3.8, 4) is 11.5 Å². The first-order valence-electron chi connectivity index (χ1n) is 11.4. The third kappa shape index (κ3) is 4.83. The second-order valence-electron chi connectivity index (χ2n) is 8.57. The predicted octanol–water partition coefficient (Wildman–Crippen LogP) is 5.69. The lowest BCUT2D eigenvalue weighted by Gasteiger charge is -2.27. The van der Waals surface area contributed by atoms with Gasteiger partial charge >= 0.3 is 5.97 Å². The summed E-state index contributed by atoms with van der Waals surface area (Å²) in [5, 5.41) is 20.6. The summed E-state index contributed by atoms with van der Waals surface area (Å²) in [6.45, 7) is 0. The highest BCUT2D eigenvalue weighted by Crippen LogP contribution is 2.33. The number of ether oxygens (including phenoxy) is 1. The lowest BCUT2D eigenvalue weighted by molar-refractivity contribution is -0.142. The average Bonchev–Trinajstić information content (AvgIpc) is 3.30. The number of ketones is 1. The summed E-state index contributed by atoms with van der Waals surface area (Å²) in [5.74, 6) is -0.189. The van der Waals surface area contributed by atoms with Gasteiger partial charge in [0.1, 0.15) is 17.2 Å². The Morgan fingerprint density at radius 1 is 1.03 bits per heavy atom. The first-order valence-corrected chi connectivity index (χ1v) is 11.8. The van der Waals surface area contributed by atoms with Crippen LogP contribution in [0.1, 0.15) is 41.7 Å². The summed E-state index contributed by atoms with van der Waals surface area (Å²) < 4.78 is 5.81. The molecule has 2 heterocycles. The minimum atomic E-state index is -0.741. The number of aromatic nitrogens is 3. The zero-order valence-electron chi connectivity index (χ0n) is 18.7. The van der Waals surface area contributed by atoms with Gasteiger partial charge in [0.05, 0.1) is 16.3 Å². The molecule has 0 aliphatic heterocycles. The number of carboxylic acids is 1. The highest BCUT2D eigenvalue weighted by atomic mass is 35.5. The van der Waals surface area contributed by atoms with Gasteiger partial charge < -0.3 is 15.2 Å². The molecule has 3 N–H and O–H groups in total. The van der Waals surface area contributed by atoms with Crippen LogP contribution in [0.2, 0.25) is 5.02 Å². The second kappa shape index (κ2) is 9.76. The fraction of sp³-hybridized carbons (Fsp3) is 0.231. The number of nitrogens with zero attached hydrogens (tertiary/aromatic N) is 2. The number of pyridine rings is 1. The lowest BCUT2D eigenvalue weighted by atomic mass is 9.86. The maximum Gasteiger partial charge on any atom is 0.306 e. The summed E-state index contributed by atoms with van der Waals surface area (Å²) in [6, 6.07) is 16.1. The quantitative estimate of drug-likeness (QED) is 0.285. The molecular formula is C26H23ClN4O4. The number of hydrogen-bond donors (Lipinski definition) is 3. The van der Waals surface area contributed by atoms with Crippen LogP contribution in [-0.2, 0) is 4.79 Å². The molecule has 0 spiro atoms. The maximum absolute atomic E-state index is 13.4. The van der Waals surface area contributed by atoms with Crippen molar-refractivity contribution in [2.75, 3.05) is 5.32 Å². The molecule has 178 valence electrons. The zero-order chi connectivity index (χ0) is 24.4. The summed E-state index contributed by atoms with van der Waals surface area (Å²) >= 11 is 6.48. The molecule has 0 saturated heterocycles. The highest BCUT2D eigenvalue weighted by Gasteiger charge is 2.27. The van der Waals surface area contributed by atoms with Crippen molar-refractivity contribution >= 4 is 40.1 Å². The number of hydrogen-bond acceptors (Lipinski definition) is 6. The van der Waals surface area contributed by atoms with Crippen LogP contribution >= 0.6 is 11.6 Å². The van der Waals surface area contributed by atoms with Gasteiger partial charge in [0.25, 0.3) is 0 Å². The number of aliphatic carboxylic acids is 1. The Morgan fingerprint density at radius 2 is 1.80 bits per heavy atom. The monoisotopic (exact) mass is 490 g/mol. The molecule has 2 aromatic carbocycles. The number of benzene rings is 2. The fourth-order valence-corrected chi connectivity index (χ4v) is 4.69. The van der Waals surface area contributed by atoms with Crippen molar-refractivity contribution in [3.05, 3.63) is 77.1 Å². The van der Waals surface area contributed by atoms with Crippen molar-refractivity contribution in [1.29, 1.82) is 0 Å². The van der Waals surface area contributed by atoms with E-state index < -0.39 is 5.97 Å². The van der Waals surface area contributed by atoms with E-state index in [1.165, 1.54) is 0 Å². The number of halogens is 1. The molecule has 1 aliphatic rings. The van der Waals surface area contributed by atoms with E-state index in [0.29, 0.717) is 40.9 Å². The first kappa shape index (κ1) is 22.9. The normalized spacial score (nSPS) is 17.7. The third-order valence-corrected chi connectivity index (χ3v) is 6.59. The minimum Gasteiger partial charge on any atom is -0.481 e. The Hall–Kier alpha value is -3.91. The molecule has 1 saturated carbocycles. The molecule has 1 aliphatic carbocycles. The van der Waals surface area contributed by atoms with Gasteiger partial charge in [-0.3, -0.25) is 14.7 Å². The molecule has 0 radical (unpaired) electrons. The summed E-state index contributed by atoms with van der Waals surface area (Å²) in [6.07, 6.45) is 4.34. The largest absolute Gasteiger partial charge is 0.481 e. The standard InChI is InChI=1S/C26H23ClN4O4/c27-20-14-18(35-17-4-2-1-3-5-17)10-11-19(20)24(32)23-22-21(12-13-28-25(22)31-30-23)29-16-8-6-15(7-9-16)26(33)34/h1-5,10-16H,6-9H2,(H,33,34)(H2,28,29,30,31)/t15-,16-. The van der Waals surface area contributed by atoms with Crippen molar-refractivity contribution in [3.63, 3.8) is 0 Å². The number of nitrogens with one attached hydrogen (secondary N) is 2. The van der Waals surface area contributed by atoms with E-state index in [9.17, 15) is 14.7 Å². The number of para-hydroxylation sites is 1. The summed E-state index contributed by atoms with van der Waals surface area (Å²) in [7, 11) is 0. The lowest BCUT2D eigenvalue weighted by Crippen LogP contribution is -2.29. The van der Waals surface area contributed by atoms with Crippen LogP contribution in [0, 0.1) is 5.92 Å². The van der Waals surface area contributed by atoms with E-state index in [-0.39, 0.29) is 28.5 Å². The molecule has 5 rings (SSSR count). The van der Waals surface area contributed by atoms with E-state index in [4.69, 9.17) is 16.3 Å². The Morgan fingerprint density at radius 3 is 2.51 bits per heavy atom. The molecule has 9 heteroatoms. The van der Waals surface area contributed by atoms with Crippen molar-refractivity contribution in [2.45, 2.75) is 31.7 Å². The Kier molecular flexibility index (Phi) is 6.37. The van der Waals surface area contributed by atoms with E-state index in [1.807, 2.05) is 30.3 Å². The molecule has 0 atom stereocenters. The second-order valence-corrected chi connectivity index (χ2v) is 8.98. The van der Waals surface area contributed by atoms with Crippen molar-refractivity contribution in [1.82, 2.24) is 15.2 Å². The zero-order valence-corrected chi connectivity index (χ0v) is 19.5. The molecule has 2 aromatic heterocycles. The average molecular weight is 491 g/mol. The number of rotatable bonds is 7. The van der Waals surface area contributed by atoms with Gasteiger partial charge in [0.2, 0.25) is 5.78 Å². The number of anilines is 1. The molecule has 0 bridgehead atoms. The van der Waals surface area contributed by atoms with Crippen molar-refractivity contribution in [2.24, 2.45) is 5.92 Å². The van der Waals surface area contributed by atoms with Gasteiger partial charge in [-0.2, -0.15) is 5.10 Å². The van der Waals surface area contributed by atoms with E-state index in [0.717, 1.165) is 18.5 Å². The van der Waals surface area contributed by atoms with E-state index >= 15 is 0 Å². The minimum absolute atomic E-state index is 0.104. The van der Waals surface area contributed by atoms with E-state index in [1.54, 1.807) is 30.5 Å². The number of carboxylic acid groups (broad SMARTS) is 1. The Labute approximate surface area is 206 Å². The van der Waals surface area contributed by atoms with Crippen LogP contribution < -0.4 is 10.1 Å². The van der Waals surface area contributed by atoms with Gasteiger partial charge in [-0.05, 0) is 56.0 Å². The predicted molar refractivity (Wildman–Crippen MR) is 132 cm³/mol. The Bertz CT molecular complexity index is 1380. The maximum atomic E-state index is 13.4. The highest BCUT2D eigenvalue weighted by molar-refractivity contribution is 6.35. The molecule has 8 nitrogen and oxygen atoms in total. The number of fused-ring (bicyclic) bond motifs is 1. The molecule has 0 unspecified atom stereocenters. The Balaban J connectivity index is 1.39. The molecular weight excluding hydrogens is 468 g/mol. The van der Waals surface area contributed by atoms with Gasteiger partial charge in [-0.25, -0.2) is 4.98 Å². The molecule has 4 aromatic rings. The topological polar surface area (TPSA) is 117 Å². The first-order chi connectivity index (χ1) is 17.0. The van der Waals surface area contributed by atoms with Crippen LogP contribution in [0.15, 0.2) is 60.8 Å². The van der Waals surface area contributed by atoms with Crippen LogP contribution in [-0.4, -0.2) is 38.1 Å². The third-order valence-electron chi connectivity index (χ3n) is 6.28. The van der Waals surface area contributed by atoms with Crippen molar-refractivity contribution < 1.29 is 19.4 Å². The number of H-pyrrole nitrogens is 1. The van der Waals surface area contributed by atoms with Crippen LogP contribution in [0.4, 0.5) is 5.69 Å². The molecule has 1 fully saturated rings. The van der Waals surface area contributed by atoms with Gasteiger partial charge in [0, 0.05) is 29.6 Å². The van der Waals surface area contributed by atoms with E-state index in [2.05, 4.69) is 20.5 Å². The smallest absolute Gasteiger partial charge is 0.306 e.